The first-order valence-electron chi connectivity index (χ1n) is 11.2. The Morgan fingerprint density at radius 1 is 0.967 bits per heavy atom. The molecule has 1 aromatic rings. The fraction of sp³-hybridized carbons (Fsp3) is 0.652. The van der Waals surface area contributed by atoms with Gasteiger partial charge in [-0.3, -0.25) is 14.7 Å². The number of nitrogens with zero attached hydrogens (tertiary/aromatic N) is 4. The van der Waals surface area contributed by atoms with Crippen molar-refractivity contribution in [2.75, 3.05) is 58.9 Å². The van der Waals surface area contributed by atoms with Crippen LogP contribution in [0.25, 0.3) is 0 Å². The molecule has 30 heavy (non-hydrogen) atoms. The highest BCUT2D eigenvalue weighted by Gasteiger charge is 2.23. The molecule has 7 heteroatoms. The van der Waals surface area contributed by atoms with Crippen LogP contribution in [-0.4, -0.2) is 85.5 Å². The third-order valence-electron chi connectivity index (χ3n) is 5.86. The lowest BCUT2D eigenvalue weighted by Gasteiger charge is -2.37. The lowest BCUT2D eigenvalue weighted by atomic mass is 10.1. The van der Waals surface area contributed by atoms with Gasteiger partial charge in [-0.25, -0.2) is 0 Å². The summed E-state index contributed by atoms with van der Waals surface area (Å²) in [7, 11) is 0. The van der Waals surface area contributed by atoms with E-state index in [2.05, 4.69) is 53.2 Å². The summed E-state index contributed by atoms with van der Waals surface area (Å²) in [5, 5.41) is 3.44. The molecule has 0 saturated carbocycles. The molecule has 6 nitrogen and oxygen atoms in total. The summed E-state index contributed by atoms with van der Waals surface area (Å²) in [6.07, 6.45) is 4.54. The highest BCUT2D eigenvalue weighted by Crippen LogP contribution is 2.10. The molecule has 0 radical (unpaired) electrons. The van der Waals surface area contributed by atoms with E-state index in [1.807, 2.05) is 4.90 Å². The number of carbonyl (C=O) groups is 1. The fourth-order valence-electron chi connectivity index (χ4n) is 4.02. The van der Waals surface area contributed by atoms with E-state index in [4.69, 9.17) is 4.99 Å². The Balaban J connectivity index is 0.00000320. The topological polar surface area (TPSA) is 51.2 Å². The summed E-state index contributed by atoms with van der Waals surface area (Å²) in [6.45, 7) is 12.0. The molecule has 0 aromatic heterocycles. The molecule has 2 heterocycles. The first kappa shape index (κ1) is 24.9. The summed E-state index contributed by atoms with van der Waals surface area (Å²) >= 11 is 0. The Labute approximate surface area is 199 Å². The molecule has 2 fully saturated rings. The SMILES string of the molecule is CCNC(=NCCc1ccc(C)cc1)N1CCN(CC(=O)N2CCCCC2)CC1.I. The van der Waals surface area contributed by atoms with Crippen LogP contribution in [0.4, 0.5) is 0 Å². The Morgan fingerprint density at radius 2 is 1.63 bits per heavy atom. The molecule has 1 N–H and O–H groups in total. The van der Waals surface area contributed by atoms with Crippen LogP contribution in [-0.2, 0) is 11.2 Å². The molecule has 0 atom stereocenters. The summed E-state index contributed by atoms with van der Waals surface area (Å²) in [5.41, 5.74) is 2.62. The van der Waals surface area contributed by atoms with Gasteiger partial charge in [0.25, 0.3) is 0 Å². The Morgan fingerprint density at radius 3 is 2.27 bits per heavy atom. The number of aryl methyl sites for hydroxylation is 1. The smallest absolute Gasteiger partial charge is 0.236 e. The van der Waals surface area contributed by atoms with Crippen molar-refractivity contribution in [3.05, 3.63) is 35.4 Å². The largest absolute Gasteiger partial charge is 0.357 e. The molecule has 0 spiro atoms. The first-order chi connectivity index (χ1) is 14.2. The minimum Gasteiger partial charge on any atom is -0.357 e. The zero-order chi connectivity index (χ0) is 20.5. The maximum absolute atomic E-state index is 12.5. The van der Waals surface area contributed by atoms with Gasteiger partial charge in [-0.1, -0.05) is 29.8 Å². The second-order valence-electron chi connectivity index (χ2n) is 8.18. The van der Waals surface area contributed by atoms with E-state index < -0.39 is 0 Å². The maximum Gasteiger partial charge on any atom is 0.236 e. The van der Waals surface area contributed by atoms with Crippen molar-refractivity contribution in [2.45, 2.75) is 39.5 Å². The van der Waals surface area contributed by atoms with Crippen LogP contribution < -0.4 is 5.32 Å². The number of guanidine groups is 1. The number of benzene rings is 1. The lowest BCUT2D eigenvalue weighted by Crippen LogP contribution is -2.54. The minimum atomic E-state index is 0. The van der Waals surface area contributed by atoms with E-state index >= 15 is 0 Å². The standard InChI is InChI=1S/C23H37N5O.HI/c1-3-24-23(25-12-11-21-9-7-20(2)8-10-21)28-17-15-26(16-18-28)19-22(29)27-13-5-4-6-14-27;/h7-10H,3-6,11-19H2,1-2H3,(H,24,25);1H. The van der Waals surface area contributed by atoms with E-state index in [-0.39, 0.29) is 24.0 Å². The molecule has 0 bridgehead atoms. The number of likely N-dealkylation sites (tertiary alicyclic amines) is 1. The summed E-state index contributed by atoms with van der Waals surface area (Å²) in [6, 6.07) is 8.70. The highest BCUT2D eigenvalue weighted by atomic mass is 127. The molecule has 0 aliphatic carbocycles. The molecular formula is C23H38IN5O. The third kappa shape index (κ3) is 7.72. The first-order valence-corrected chi connectivity index (χ1v) is 11.2. The average molecular weight is 527 g/mol. The number of carbonyl (C=O) groups excluding carboxylic acids is 1. The van der Waals surface area contributed by atoms with Gasteiger partial charge in [0.05, 0.1) is 6.54 Å². The quantitative estimate of drug-likeness (QED) is 0.351. The van der Waals surface area contributed by atoms with Gasteiger partial charge in [0.1, 0.15) is 0 Å². The number of halogens is 1. The second kappa shape index (κ2) is 13.1. The predicted octanol–water partition coefficient (Wildman–Crippen LogP) is 2.75. The van der Waals surface area contributed by atoms with Crippen molar-refractivity contribution in [1.29, 1.82) is 0 Å². The van der Waals surface area contributed by atoms with Gasteiger partial charge in [-0.15, -0.1) is 24.0 Å². The summed E-state index contributed by atoms with van der Waals surface area (Å²) in [5.74, 6) is 1.30. The highest BCUT2D eigenvalue weighted by molar-refractivity contribution is 14.0. The lowest BCUT2D eigenvalue weighted by molar-refractivity contribution is -0.133. The van der Waals surface area contributed by atoms with E-state index in [1.165, 1.54) is 17.5 Å². The minimum absolute atomic E-state index is 0. The van der Waals surface area contributed by atoms with E-state index in [1.54, 1.807) is 0 Å². The van der Waals surface area contributed by atoms with E-state index in [9.17, 15) is 4.79 Å². The van der Waals surface area contributed by atoms with Crippen molar-refractivity contribution in [1.82, 2.24) is 20.0 Å². The normalized spacial score (nSPS) is 18.1. The molecule has 2 aliphatic heterocycles. The zero-order valence-corrected chi connectivity index (χ0v) is 20.9. The van der Waals surface area contributed by atoms with Crippen LogP contribution in [0.5, 0.6) is 0 Å². The Hall–Kier alpha value is -1.35. The summed E-state index contributed by atoms with van der Waals surface area (Å²) < 4.78 is 0. The van der Waals surface area contributed by atoms with Gasteiger partial charge >= 0.3 is 0 Å². The van der Waals surface area contributed by atoms with Crippen molar-refractivity contribution >= 4 is 35.8 Å². The van der Waals surface area contributed by atoms with Crippen LogP contribution in [0.1, 0.15) is 37.3 Å². The molecule has 1 aromatic carbocycles. The van der Waals surface area contributed by atoms with Crippen LogP contribution in [0.15, 0.2) is 29.3 Å². The molecule has 3 rings (SSSR count). The van der Waals surface area contributed by atoms with E-state index in [0.29, 0.717) is 12.5 Å². The van der Waals surface area contributed by atoms with Gasteiger partial charge in [0, 0.05) is 52.4 Å². The summed E-state index contributed by atoms with van der Waals surface area (Å²) in [4.78, 5) is 24.0. The zero-order valence-electron chi connectivity index (χ0n) is 18.6. The van der Waals surface area contributed by atoms with E-state index in [0.717, 1.165) is 77.6 Å². The number of amides is 1. The van der Waals surface area contributed by atoms with Crippen LogP contribution in [0, 0.1) is 6.92 Å². The van der Waals surface area contributed by atoms with Gasteiger partial charge in [-0.2, -0.15) is 0 Å². The third-order valence-corrected chi connectivity index (χ3v) is 5.86. The van der Waals surface area contributed by atoms with Gasteiger partial charge in [-0.05, 0) is 45.1 Å². The number of nitrogens with one attached hydrogen (secondary N) is 1. The average Bonchev–Trinajstić information content (AvgIpc) is 2.76. The van der Waals surface area contributed by atoms with Gasteiger partial charge in [0.2, 0.25) is 5.91 Å². The number of hydrogen-bond donors (Lipinski definition) is 1. The maximum atomic E-state index is 12.5. The van der Waals surface area contributed by atoms with Gasteiger partial charge < -0.3 is 15.1 Å². The Bertz CT molecular complexity index is 665. The molecule has 2 aliphatic rings. The van der Waals surface area contributed by atoms with Crippen molar-refractivity contribution in [3.8, 4) is 0 Å². The second-order valence-corrected chi connectivity index (χ2v) is 8.18. The number of piperidine rings is 1. The molecule has 1 amide bonds. The van der Waals surface area contributed by atoms with Crippen LogP contribution in [0.2, 0.25) is 0 Å². The van der Waals surface area contributed by atoms with Crippen molar-refractivity contribution < 1.29 is 4.79 Å². The monoisotopic (exact) mass is 527 g/mol. The molecule has 168 valence electrons. The number of hydrogen-bond acceptors (Lipinski definition) is 3. The number of aliphatic imine (C=N–C) groups is 1. The molecule has 2 saturated heterocycles. The van der Waals surface area contributed by atoms with Crippen molar-refractivity contribution in [2.24, 2.45) is 4.99 Å². The molecular weight excluding hydrogens is 489 g/mol. The van der Waals surface area contributed by atoms with Crippen molar-refractivity contribution in [3.63, 3.8) is 0 Å². The predicted molar refractivity (Wildman–Crippen MR) is 135 cm³/mol. The van der Waals surface area contributed by atoms with Gasteiger partial charge in [0.15, 0.2) is 5.96 Å². The van der Waals surface area contributed by atoms with Crippen LogP contribution >= 0.6 is 24.0 Å². The number of rotatable bonds is 6. The van der Waals surface area contributed by atoms with Crippen LogP contribution in [0.3, 0.4) is 0 Å². The molecule has 0 unspecified atom stereocenters. The fourth-order valence-corrected chi connectivity index (χ4v) is 4.02. The number of piperazine rings is 1. The Kier molecular flexibility index (Phi) is 10.9.